The van der Waals surface area contributed by atoms with Crippen molar-refractivity contribution in [2.45, 2.75) is 0 Å². The molecule has 1 rings (SSSR count). The van der Waals surface area contributed by atoms with E-state index in [0.29, 0.717) is 0 Å². The van der Waals surface area contributed by atoms with Crippen LogP contribution in [0.15, 0.2) is 49.6 Å². The van der Waals surface area contributed by atoms with Crippen molar-refractivity contribution in [3.63, 3.8) is 0 Å². The first kappa shape index (κ1) is 15.6. The van der Waals surface area contributed by atoms with E-state index in [0.717, 1.165) is 0 Å². The Morgan fingerprint density at radius 2 is 1.20 bits per heavy atom. The molecule has 106 valence electrons. The Labute approximate surface area is 116 Å². The van der Waals surface area contributed by atoms with Gasteiger partial charge in [0, 0.05) is 0 Å². The van der Waals surface area contributed by atoms with Crippen molar-refractivity contribution in [3.8, 4) is 0 Å². The lowest BCUT2D eigenvalue weighted by Gasteiger charge is -2.03. The lowest BCUT2D eigenvalue weighted by Crippen LogP contribution is -2.08. The van der Waals surface area contributed by atoms with Crippen molar-refractivity contribution in [3.05, 3.63) is 60.7 Å². The lowest BCUT2D eigenvalue weighted by atomic mass is 10.1. The maximum absolute atomic E-state index is 11.5. The highest BCUT2D eigenvalue weighted by Gasteiger charge is 2.12. The average molecular weight is 278 g/mol. The van der Waals surface area contributed by atoms with E-state index in [1.807, 2.05) is 0 Å². The van der Waals surface area contributed by atoms with Crippen LogP contribution in [0.2, 0.25) is 0 Å². The largest absolute Gasteiger partial charge is 0.373 e. The van der Waals surface area contributed by atoms with Crippen LogP contribution in [0.4, 0.5) is 0 Å². The van der Waals surface area contributed by atoms with Crippen LogP contribution in [0.1, 0.15) is 20.7 Å². The van der Waals surface area contributed by atoms with Crippen LogP contribution in [-0.2, 0) is 19.6 Å². The number of hydrogen-bond donors (Lipinski definition) is 0. The number of carbonyl (C=O) groups excluding carboxylic acids is 2. The first-order chi connectivity index (χ1) is 9.69. The van der Waals surface area contributed by atoms with Gasteiger partial charge in [-0.05, 0) is 24.3 Å². The van der Waals surface area contributed by atoms with Gasteiger partial charge in [0.15, 0.2) is 0 Å². The summed E-state index contributed by atoms with van der Waals surface area (Å²) in [6.07, 6.45) is 2.88. The fourth-order valence-corrected chi connectivity index (χ4v) is 1.11. The molecule has 20 heavy (non-hydrogen) atoms. The first-order valence-electron chi connectivity index (χ1n) is 5.68. The van der Waals surface area contributed by atoms with Gasteiger partial charge in [-0.25, -0.2) is 9.59 Å². The van der Waals surface area contributed by atoms with Gasteiger partial charge in [0.1, 0.15) is 13.2 Å². The maximum atomic E-state index is 11.5. The molecule has 0 atom stereocenters. The van der Waals surface area contributed by atoms with E-state index in [1.54, 1.807) is 0 Å². The van der Waals surface area contributed by atoms with Crippen LogP contribution in [0.5, 0.6) is 0 Å². The summed E-state index contributed by atoms with van der Waals surface area (Å²) < 4.78 is 0. The smallest absolute Gasteiger partial charge is 0.293 e. The molecule has 0 radical (unpaired) electrons. The molecular weight excluding hydrogens is 264 g/mol. The third-order valence-corrected chi connectivity index (χ3v) is 2.00. The first-order valence-corrected chi connectivity index (χ1v) is 5.68. The monoisotopic (exact) mass is 278 g/mol. The number of hydrogen-bond acceptors (Lipinski definition) is 6. The summed E-state index contributed by atoms with van der Waals surface area (Å²) in [4.78, 5) is 41.0. The Bertz CT molecular complexity index is 432. The summed E-state index contributed by atoms with van der Waals surface area (Å²) in [5.74, 6) is -1.34. The van der Waals surface area contributed by atoms with Gasteiger partial charge in [-0.15, -0.1) is 13.2 Å². The zero-order valence-electron chi connectivity index (χ0n) is 10.7. The molecule has 0 spiro atoms. The molecule has 0 aliphatic rings. The number of benzene rings is 1. The standard InChI is InChI=1S/C14H14O6/c1-3-9-17-19-13(15)11-5-7-12(8-6-11)14(16)20-18-10-4-2/h3-8H,1-2,9-10H2. The SMILES string of the molecule is C=CCOOC(=O)c1ccc(C(=O)OOCC=C)cc1. The van der Waals surface area contributed by atoms with Crippen LogP contribution in [-0.4, -0.2) is 25.2 Å². The van der Waals surface area contributed by atoms with Crippen molar-refractivity contribution < 1.29 is 29.1 Å². The Morgan fingerprint density at radius 3 is 1.50 bits per heavy atom. The summed E-state index contributed by atoms with van der Waals surface area (Å²) in [6.45, 7) is 7.00. The molecule has 0 bridgehead atoms. The van der Waals surface area contributed by atoms with E-state index in [1.165, 1.54) is 36.4 Å². The molecule has 0 N–H and O–H groups in total. The van der Waals surface area contributed by atoms with Crippen LogP contribution in [0.3, 0.4) is 0 Å². The Kier molecular flexibility index (Phi) is 6.74. The molecule has 0 fully saturated rings. The molecular formula is C14H14O6. The predicted molar refractivity (Wildman–Crippen MR) is 69.6 cm³/mol. The molecule has 0 heterocycles. The number of rotatable bonds is 8. The Balaban J connectivity index is 2.54. The fourth-order valence-electron chi connectivity index (χ4n) is 1.11. The molecule has 0 saturated heterocycles. The molecule has 6 nitrogen and oxygen atoms in total. The van der Waals surface area contributed by atoms with Gasteiger partial charge >= 0.3 is 11.9 Å². The van der Waals surface area contributed by atoms with Gasteiger partial charge in [-0.3, -0.25) is 9.78 Å². The Morgan fingerprint density at radius 1 is 0.850 bits per heavy atom. The molecule has 0 aliphatic carbocycles. The van der Waals surface area contributed by atoms with Gasteiger partial charge in [0.05, 0.1) is 11.1 Å². The molecule has 1 aromatic rings. The summed E-state index contributed by atoms with van der Waals surface area (Å²) in [5, 5.41) is 0. The van der Waals surface area contributed by atoms with Gasteiger partial charge in [-0.2, -0.15) is 9.78 Å². The predicted octanol–water partition coefficient (Wildman–Crippen LogP) is 2.24. The number of carbonyl (C=O) groups is 2. The van der Waals surface area contributed by atoms with Crippen molar-refractivity contribution >= 4 is 11.9 Å². The minimum Gasteiger partial charge on any atom is -0.293 e. The molecule has 0 amide bonds. The second kappa shape index (κ2) is 8.63. The van der Waals surface area contributed by atoms with Gasteiger partial charge in [0.2, 0.25) is 0 Å². The highest BCUT2D eigenvalue weighted by Crippen LogP contribution is 2.08. The third kappa shape index (κ3) is 5.05. The molecule has 0 aromatic heterocycles. The van der Waals surface area contributed by atoms with Crippen molar-refractivity contribution in [2.75, 3.05) is 13.2 Å². The quantitative estimate of drug-likeness (QED) is 0.314. The van der Waals surface area contributed by atoms with Gasteiger partial charge in [-0.1, -0.05) is 12.2 Å². The van der Waals surface area contributed by atoms with Crippen molar-refractivity contribution in [1.29, 1.82) is 0 Å². The minimum atomic E-state index is -0.672. The summed E-state index contributed by atoms with van der Waals surface area (Å²) >= 11 is 0. The fraction of sp³-hybridized carbons (Fsp3) is 0.143. The lowest BCUT2D eigenvalue weighted by molar-refractivity contribution is -0.231. The second-order valence-corrected chi connectivity index (χ2v) is 3.47. The molecule has 0 saturated carbocycles. The highest BCUT2D eigenvalue weighted by atomic mass is 17.2. The van der Waals surface area contributed by atoms with Crippen LogP contribution < -0.4 is 0 Å². The van der Waals surface area contributed by atoms with E-state index in [9.17, 15) is 9.59 Å². The minimum absolute atomic E-state index is 0.0940. The Hall–Kier alpha value is -2.44. The second-order valence-electron chi connectivity index (χ2n) is 3.47. The van der Waals surface area contributed by atoms with Crippen LogP contribution in [0.25, 0.3) is 0 Å². The van der Waals surface area contributed by atoms with E-state index in [-0.39, 0.29) is 24.3 Å². The summed E-state index contributed by atoms with van der Waals surface area (Å²) in [7, 11) is 0. The van der Waals surface area contributed by atoms with E-state index in [4.69, 9.17) is 0 Å². The third-order valence-electron chi connectivity index (χ3n) is 2.00. The normalized spacial score (nSPS) is 9.60. The molecule has 1 aromatic carbocycles. The van der Waals surface area contributed by atoms with Crippen LogP contribution in [0, 0.1) is 0 Å². The van der Waals surface area contributed by atoms with Gasteiger partial charge in [0.25, 0.3) is 0 Å². The zero-order valence-corrected chi connectivity index (χ0v) is 10.7. The maximum Gasteiger partial charge on any atom is 0.373 e. The highest BCUT2D eigenvalue weighted by molar-refractivity contribution is 5.92. The molecule has 0 unspecified atom stereocenters. The van der Waals surface area contributed by atoms with E-state index in [2.05, 4.69) is 32.7 Å². The van der Waals surface area contributed by atoms with Crippen molar-refractivity contribution in [1.82, 2.24) is 0 Å². The van der Waals surface area contributed by atoms with Crippen molar-refractivity contribution in [2.24, 2.45) is 0 Å². The van der Waals surface area contributed by atoms with Crippen LogP contribution >= 0.6 is 0 Å². The van der Waals surface area contributed by atoms with E-state index < -0.39 is 11.9 Å². The molecule has 0 aliphatic heterocycles. The van der Waals surface area contributed by atoms with E-state index >= 15 is 0 Å². The zero-order chi connectivity index (χ0) is 14.8. The topological polar surface area (TPSA) is 71.1 Å². The average Bonchev–Trinajstić information content (AvgIpc) is 2.47. The summed E-state index contributed by atoms with van der Waals surface area (Å²) in [6, 6.07) is 5.63. The molecule has 6 heteroatoms. The summed E-state index contributed by atoms with van der Waals surface area (Å²) in [5.41, 5.74) is 0.468. The van der Waals surface area contributed by atoms with Gasteiger partial charge < -0.3 is 0 Å².